The van der Waals surface area contributed by atoms with E-state index in [0.717, 1.165) is 5.01 Å². The summed E-state index contributed by atoms with van der Waals surface area (Å²) in [4.78, 5) is 20.1. The number of Topliss-reactive ketones (excluding diaryl/α,β-unsaturated/α-hetero) is 1. The summed E-state index contributed by atoms with van der Waals surface area (Å²) in [5, 5.41) is 6.52. The van der Waals surface area contributed by atoms with E-state index in [1.165, 1.54) is 17.7 Å². The maximum atomic E-state index is 11.9. The van der Waals surface area contributed by atoms with E-state index in [-0.39, 0.29) is 12.2 Å². The van der Waals surface area contributed by atoms with Crippen LogP contribution in [0.4, 0.5) is 0 Å². The molecule has 7 heteroatoms. The third-order valence-electron chi connectivity index (χ3n) is 2.33. The van der Waals surface area contributed by atoms with Crippen LogP contribution >= 0.6 is 11.3 Å². The minimum Gasteiger partial charge on any atom is -0.325 e. The fraction of sp³-hybridized carbons (Fsp3) is 0.400. The van der Waals surface area contributed by atoms with Crippen LogP contribution in [0.1, 0.15) is 28.2 Å². The maximum absolute atomic E-state index is 11.9. The van der Waals surface area contributed by atoms with E-state index >= 15 is 0 Å². The predicted octanol–water partition coefficient (Wildman–Crippen LogP) is 0.639. The van der Waals surface area contributed by atoms with Crippen molar-refractivity contribution in [3.8, 4) is 0 Å². The Hall–Kier alpha value is -1.60. The molecule has 0 aromatic carbocycles. The van der Waals surface area contributed by atoms with Crippen molar-refractivity contribution in [2.24, 2.45) is 5.73 Å². The highest BCUT2D eigenvalue weighted by atomic mass is 32.1. The summed E-state index contributed by atoms with van der Waals surface area (Å²) in [6.07, 6.45) is 1.68. The Bertz CT molecular complexity index is 518. The molecule has 0 fully saturated rings. The van der Waals surface area contributed by atoms with Crippen LogP contribution in [0.15, 0.2) is 11.7 Å². The van der Waals surface area contributed by atoms with Crippen molar-refractivity contribution in [2.75, 3.05) is 0 Å². The van der Waals surface area contributed by atoms with Crippen molar-refractivity contribution < 1.29 is 4.79 Å². The van der Waals surface area contributed by atoms with Gasteiger partial charge in [-0.2, -0.15) is 5.10 Å². The first-order valence-corrected chi connectivity index (χ1v) is 6.17. The van der Waals surface area contributed by atoms with Crippen LogP contribution in [-0.2, 0) is 19.5 Å². The molecular weight excluding hydrogens is 238 g/mol. The van der Waals surface area contributed by atoms with Crippen LogP contribution < -0.4 is 5.73 Å². The standard InChI is InChI=1S/C10H13N5OS/c1-2-15-9(12-6-13-15)3-8(16)7-5-17-10(4-11)14-7/h5-6H,2-4,11H2,1H3. The molecule has 0 aliphatic carbocycles. The van der Waals surface area contributed by atoms with Crippen LogP contribution in [0.5, 0.6) is 0 Å². The summed E-state index contributed by atoms with van der Waals surface area (Å²) in [7, 11) is 0. The van der Waals surface area contributed by atoms with E-state index < -0.39 is 0 Å². The Kier molecular flexibility index (Phi) is 3.60. The molecule has 2 rings (SSSR count). The number of carbonyl (C=O) groups excluding carboxylic acids is 1. The van der Waals surface area contributed by atoms with Crippen molar-refractivity contribution in [1.82, 2.24) is 19.7 Å². The van der Waals surface area contributed by atoms with Crippen molar-refractivity contribution >= 4 is 17.1 Å². The van der Waals surface area contributed by atoms with Gasteiger partial charge in [-0.3, -0.25) is 4.79 Å². The molecule has 0 amide bonds. The molecule has 0 aliphatic heterocycles. The van der Waals surface area contributed by atoms with Gasteiger partial charge in [0.05, 0.1) is 6.42 Å². The van der Waals surface area contributed by atoms with Crippen LogP contribution in [0.25, 0.3) is 0 Å². The Labute approximate surface area is 103 Å². The van der Waals surface area contributed by atoms with Gasteiger partial charge in [0.2, 0.25) is 0 Å². The molecule has 0 bridgehead atoms. The minimum absolute atomic E-state index is 0.0522. The van der Waals surface area contributed by atoms with Crippen molar-refractivity contribution in [3.05, 3.63) is 28.2 Å². The van der Waals surface area contributed by atoms with E-state index in [4.69, 9.17) is 5.73 Å². The summed E-state index contributed by atoms with van der Waals surface area (Å²) < 4.78 is 1.70. The topological polar surface area (TPSA) is 86.7 Å². The zero-order valence-corrected chi connectivity index (χ0v) is 10.3. The molecule has 2 heterocycles. The lowest BCUT2D eigenvalue weighted by atomic mass is 10.2. The number of rotatable bonds is 5. The van der Waals surface area contributed by atoms with Crippen LogP contribution in [0.2, 0.25) is 0 Å². The summed E-state index contributed by atoms with van der Waals surface area (Å²) in [5.41, 5.74) is 5.91. The molecular formula is C10H13N5OS. The zero-order valence-electron chi connectivity index (χ0n) is 9.46. The lowest BCUT2D eigenvalue weighted by Crippen LogP contribution is -2.11. The SMILES string of the molecule is CCn1ncnc1CC(=O)c1csc(CN)n1. The van der Waals surface area contributed by atoms with E-state index in [9.17, 15) is 4.79 Å². The smallest absolute Gasteiger partial charge is 0.189 e. The monoisotopic (exact) mass is 251 g/mol. The molecule has 0 radical (unpaired) electrons. The van der Waals surface area contributed by atoms with Gasteiger partial charge in [-0.05, 0) is 6.92 Å². The number of aromatic nitrogens is 4. The second-order valence-electron chi connectivity index (χ2n) is 3.42. The van der Waals surface area contributed by atoms with Crippen LogP contribution in [-0.4, -0.2) is 25.5 Å². The van der Waals surface area contributed by atoms with Crippen molar-refractivity contribution in [2.45, 2.75) is 26.4 Å². The number of aryl methyl sites for hydroxylation is 1. The number of nitrogens with zero attached hydrogens (tertiary/aromatic N) is 4. The molecule has 90 valence electrons. The molecule has 2 aromatic heterocycles. The Morgan fingerprint density at radius 1 is 1.59 bits per heavy atom. The Balaban J connectivity index is 2.11. The van der Waals surface area contributed by atoms with Gasteiger partial charge in [-0.25, -0.2) is 14.6 Å². The number of hydrogen-bond donors (Lipinski definition) is 1. The number of hydrogen-bond acceptors (Lipinski definition) is 6. The summed E-state index contributed by atoms with van der Waals surface area (Å²) >= 11 is 1.40. The predicted molar refractivity (Wildman–Crippen MR) is 63.7 cm³/mol. The van der Waals surface area contributed by atoms with Gasteiger partial charge in [-0.15, -0.1) is 11.3 Å². The Morgan fingerprint density at radius 2 is 2.41 bits per heavy atom. The first-order chi connectivity index (χ1) is 8.24. The van der Waals surface area contributed by atoms with Gasteiger partial charge < -0.3 is 5.73 Å². The highest BCUT2D eigenvalue weighted by molar-refractivity contribution is 7.09. The fourth-order valence-corrected chi connectivity index (χ4v) is 2.14. The number of nitrogens with two attached hydrogens (primary N) is 1. The lowest BCUT2D eigenvalue weighted by Gasteiger charge is -2.00. The number of ketones is 1. The molecule has 2 aromatic rings. The van der Waals surface area contributed by atoms with Gasteiger partial charge in [0.15, 0.2) is 5.78 Å². The largest absolute Gasteiger partial charge is 0.325 e. The number of carbonyl (C=O) groups is 1. The van der Waals surface area contributed by atoms with Gasteiger partial charge in [0.1, 0.15) is 22.9 Å². The van der Waals surface area contributed by atoms with Gasteiger partial charge in [0.25, 0.3) is 0 Å². The molecule has 0 saturated heterocycles. The third kappa shape index (κ3) is 2.56. The van der Waals surface area contributed by atoms with Gasteiger partial charge in [0, 0.05) is 18.5 Å². The average molecular weight is 251 g/mol. The molecule has 17 heavy (non-hydrogen) atoms. The fourth-order valence-electron chi connectivity index (χ4n) is 1.46. The average Bonchev–Trinajstić information content (AvgIpc) is 2.96. The Morgan fingerprint density at radius 3 is 3.06 bits per heavy atom. The van der Waals surface area contributed by atoms with Gasteiger partial charge >= 0.3 is 0 Å². The molecule has 0 saturated carbocycles. The number of thiazole rings is 1. The molecule has 0 atom stereocenters. The first kappa shape index (κ1) is 11.9. The molecule has 0 aliphatic rings. The lowest BCUT2D eigenvalue weighted by molar-refractivity contribution is 0.0985. The van der Waals surface area contributed by atoms with Crippen molar-refractivity contribution in [1.29, 1.82) is 0 Å². The quantitative estimate of drug-likeness (QED) is 0.788. The molecule has 0 unspecified atom stereocenters. The van der Waals surface area contributed by atoms with Crippen LogP contribution in [0.3, 0.4) is 0 Å². The van der Waals surface area contributed by atoms with Gasteiger partial charge in [-0.1, -0.05) is 0 Å². The second kappa shape index (κ2) is 5.15. The van der Waals surface area contributed by atoms with Crippen molar-refractivity contribution in [3.63, 3.8) is 0 Å². The molecule has 6 nitrogen and oxygen atoms in total. The third-order valence-corrected chi connectivity index (χ3v) is 3.20. The van der Waals surface area contributed by atoms with E-state index in [2.05, 4.69) is 15.1 Å². The summed E-state index contributed by atoms with van der Waals surface area (Å²) in [5.74, 6) is 0.614. The second-order valence-corrected chi connectivity index (χ2v) is 4.37. The zero-order chi connectivity index (χ0) is 12.3. The highest BCUT2D eigenvalue weighted by Crippen LogP contribution is 2.11. The first-order valence-electron chi connectivity index (χ1n) is 5.29. The van der Waals surface area contributed by atoms with E-state index in [1.807, 2.05) is 6.92 Å². The summed E-state index contributed by atoms with van der Waals surface area (Å²) in [6, 6.07) is 0. The molecule has 2 N–H and O–H groups in total. The normalized spacial score (nSPS) is 10.7. The van der Waals surface area contributed by atoms with E-state index in [1.54, 1.807) is 10.1 Å². The van der Waals surface area contributed by atoms with Crippen LogP contribution in [0, 0.1) is 0 Å². The van der Waals surface area contributed by atoms with E-state index in [0.29, 0.717) is 24.6 Å². The minimum atomic E-state index is -0.0522. The highest BCUT2D eigenvalue weighted by Gasteiger charge is 2.14. The summed E-state index contributed by atoms with van der Waals surface area (Å²) in [6.45, 7) is 3.02. The maximum Gasteiger partial charge on any atom is 0.189 e. The molecule has 0 spiro atoms.